The molecule has 2 N–H and O–H groups in total. The Morgan fingerprint density at radius 2 is 1.88 bits per heavy atom. The van der Waals surface area contributed by atoms with Crippen molar-refractivity contribution in [2.24, 2.45) is 0 Å². The summed E-state index contributed by atoms with van der Waals surface area (Å²) in [5.41, 5.74) is 8.67. The summed E-state index contributed by atoms with van der Waals surface area (Å²) in [6, 6.07) is 8.15. The highest BCUT2D eigenvalue weighted by Gasteiger charge is 2.12. The molecule has 0 unspecified atom stereocenters. The van der Waals surface area contributed by atoms with Crippen molar-refractivity contribution in [3.8, 4) is 5.75 Å². The van der Waals surface area contributed by atoms with Gasteiger partial charge in [-0.05, 0) is 30.5 Å². The van der Waals surface area contributed by atoms with E-state index in [2.05, 4.69) is 29.0 Å². The quantitative estimate of drug-likeness (QED) is 0.465. The predicted octanol–water partition coefficient (Wildman–Crippen LogP) is 5.21. The van der Waals surface area contributed by atoms with Crippen LogP contribution in [0.3, 0.4) is 0 Å². The third kappa shape index (κ3) is 6.20. The molecule has 25 heavy (non-hydrogen) atoms. The fourth-order valence-corrected chi connectivity index (χ4v) is 3.09. The van der Waals surface area contributed by atoms with Gasteiger partial charge >= 0.3 is 0 Å². The second-order valence-corrected chi connectivity index (χ2v) is 6.60. The lowest BCUT2D eigenvalue weighted by atomic mass is 10.0. The molecule has 0 spiro atoms. The maximum atomic E-state index is 6.28. The monoisotopic (exact) mass is 361 g/mol. The van der Waals surface area contributed by atoms with Gasteiger partial charge < -0.3 is 10.5 Å². The normalized spacial score (nSPS) is 10.8. The zero-order valence-corrected chi connectivity index (χ0v) is 16.0. The number of nitrogens with two attached hydrogens (primary N) is 1. The van der Waals surface area contributed by atoms with Crippen LogP contribution in [0.5, 0.6) is 5.75 Å². The first kappa shape index (κ1) is 19.5. The molecular weight excluding hydrogens is 334 g/mol. The van der Waals surface area contributed by atoms with Gasteiger partial charge in [0.15, 0.2) is 0 Å². The van der Waals surface area contributed by atoms with Gasteiger partial charge in [0.2, 0.25) is 5.95 Å². The molecule has 0 bridgehead atoms. The van der Waals surface area contributed by atoms with E-state index in [-0.39, 0.29) is 5.95 Å². The minimum Gasteiger partial charge on any atom is -0.494 e. The maximum absolute atomic E-state index is 6.28. The third-order valence-corrected chi connectivity index (χ3v) is 4.50. The van der Waals surface area contributed by atoms with Crippen LogP contribution in [0.4, 0.5) is 5.95 Å². The molecule has 136 valence electrons. The van der Waals surface area contributed by atoms with E-state index in [1.807, 2.05) is 19.1 Å². The van der Waals surface area contributed by atoms with Crippen molar-refractivity contribution in [3.63, 3.8) is 0 Å². The Bertz CT molecular complexity index is 676. The van der Waals surface area contributed by atoms with Crippen molar-refractivity contribution in [1.29, 1.82) is 0 Å². The molecular formula is C20H28ClN3O. The Hall–Kier alpha value is -1.81. The number of benzene rings is 1. The number of ether oxygens (including phenoxy) is 1. The fourth-order valence-electron chi connectivity index (χ4n) is 2.83. The number of rotatable bonds is 10. The van der Waals surface area contributed by atoms with Crippen LogP contribution in [0.15, 0.2) is 24.3 Å². The largest absolute Gasteiger partial charge is 0.494 e. The summed E-state index contributed by atoms with van der Waals surface area (Å²) in [6.45, 7) is 5.03. The minimum absolute atomic E-state index is 0.228. The van der Waals surface area contributed by atoms with Crippen LogP contribution in [0.25, 0.3) is 0 Å². The van der Waals surface area contributed by atoms with Gasteiger partial charge in [0.05, 0.1) is 12.3 Å². The Morgan fingerprint density at radius 3 is 2.64 bits per heavy atom. The molecule has 0 saturated heterocycles. The molecule has 2 aromatic rings. The lowest BCUT2D eigenvalue weighted by Gasteiger charge is -2.11. The van der Waals surface area contributed by atoms with Crippen molar-refractivity contribution in [2.75, 3.05) is 12.3 Å². The average Bonchev–Trinajstić information content (AvgIpc) is 2.60. The number of aryl methyl sites for hydroxylation is 1. The number of hydrogen-bond donors (Lipinski definition) is 1. The molecule has 2 rings (SSSR count). The van der Waals surface area contributed by atoms with Crippen molar-refractivity contribution in [2.45, 2.75) is 58.8 Å². The molecule has 0 aliphatic rings. The standard InChI is InChI=1S/C20H28ClN3O/c1-3-5-6-7-8-12-25-16-11-9-10-15(13-16)14-17-18(4-2)23-20(22)24-19(17)21/h9-11,13H,3-8,12,14H2,1-2H3,(H2,22,23,24). The second-order valence-electron chi connectivity index (χ2n) is 6.24. The predicted molar refractivity (Wildman–Crippen MR) is 104 cm³/mol. The summed E-state index contributed by atoms with van der Waals surface area (Å²) in [4.78, 5) is 8.39. The molecule has 0 fully saturated rings. The minimum atomic E-state index is 0.228. The van der Waals surface area contributed by atoms with Crippen molar-refractivity contribution in [3.05, 3.63) is 46.2 Å². The van der Waals surface area contributed by atoms with Crippen molar-refractivity contribution in [1.82, 2.24) is 9.97 Å². The van der Waals surface area contributed by atoms with Gasteiger partial charge in [-0.1, -0.05) is 63.3 Å². The Labute approximate surface area is 155 Å². The van der Waals surface area contributed by atoms with Crippen molar-refractivity contribution < 1.29 is 4.74 Å². The number of anilines is 1. The van der Waals surface area contributed by atoms with Crippen LogP contribution < -0.4 is 10.5 Å². The summed E-state index contributed by atoms with van der Waals surface area (Å²) in [5.74, 6) is 1.13. The van der Waals surface area contributed by atoms with Gasteiger partial charge in [-0.25, -0.2) is 9.97 Å². The fraction of sp³-hybridized carbons (Fsp3) is 0.500. The second kappa shape index (κ2) is 10.2. The highest BCUT2D eigenvalue weighted by atomic mass is 35.5. The zero-order chi connectivity index (χ0) is 18.1. The summed E-state index contributed by atoms with van der Waals surface area (Å²) in [5, 5.41) is 0.437. The van der Waals surface area contributed by atoms with E-state index in [0.29, 0.717) is 11.6 Å². The first-order valence-corrected chi connectivity index (χ1v) is 9.54. The third-order valence-electron chi connectivity index (χ3n) is 4.19. The topological polar surface area (TPSA) is 61.0 Å². The van der Waals surface area contributed by atoms with Crippen LogP contribution in [0.2, 0.25) is 5.15 Å². The molecule has 4 nitrogen and oxygen atoms in total. The molecule has 1 aromatic carbocycles. The molecule has 0 atom stereocenters. The molecule has 0 aliphatic carbocycles. The number of nitrogen functional groups attached to an aromatic ring is 1. The van der Waals surface area contributed by atoms with Crippen LogP contribution in [-0.4, -0.2) is 16.6 Å². The van der Waals surface area contributed by atoms with Gasteiger partial charge in [-0.15, -0.1) is 0 Å². The van der Waals surface area contributed by atoms with Gasteiger partial charge in [-0.3, -0.25) is 0 Å². The van der Waals surface area contributed by atoms with Gasteiger partial charge in [-0.2, -0.15) is 0 Å². The summed E-state index contributed by atoms with van der Waals surface area (Å²) >= 11 is 6.28. The molecule has 0 amide bonds. The van der Waals surface area contributed by atoms with E-state index < -0.39 is 0 Å². The SMILES string of the molecule is CCCCCCCOc1cccc(Cc2c(Cl)nc(N)nc2CC)c1. The highest BCUT2D eigenvalue weighted by molar-refractivity contribution is 6.30. The van der Waals surface area contributed by atoms with Crippen LogP contribution in [0.1, 0.15) is 62.8 Å². The molecule has 1 aromatic heterocycles. The van der Waals surface area contributed by atoms with Crippen molar-refractivity contribution >= 4 is 17.5 Å². The highest BCUT2D eigenvalue weighted by Crippen LogP contribution is 2.24. The first-order chi connectivity index (χ1) is 12.1. The zero-order valence-electron chi connectivity index (χ0n) is 15.2. The Kier molecular flexibility index (Phi) is 7.99. The molecule has 0 aliphatic heterocycles. The van der Waals surface area contributed by atoms with Gasteiger partial charge in [0, 0.05) is 12.0 Å². The number of hydrogen-bond acceptors (Lipinski definition) is 4. The number of aromatic nitrogens is 2. The smallest absolute Gasteiger partial charge is 0.221 e. The van der Waals surface area contributed by atoms with E-state index >= 15 is 0 Å². The van der Waals surface area contributed by atoms with E-state index in [0.717, 1.165) is 42.0 Å². The number of halogens is 1. The molecule has 5 heteroatoms. The molecule has 1 heterocycles. The maximum Gasteiger partial charge on any atom is 0.221 e. The van der Waals surface area contributed by atoms with Crippen LogP contribution in [-0.2, 0) is 12.8 Å². The Balaban J connectivity index is 1.98. The van der Waals surface area contributed by atoms with E-state index in [9.17, 15) is 0 Å². The summed E-state index contributed by atoms with van der Waals surface area (Å²) < 4.78 is 5.89. The first-order valence-electron chi connectivity index (χ1n) is 9.16. The summed E-state index contributed by atoms with van der Waals surface area (Å²) in [6.07, 6.45) is 7.63. The Morgan fingerprint density at radius 1 is 1.08 bits per heavy atom. The number of unbranched alkanes of at least 4 members (excludes halogenated alkanes) is 4. The molecule has 0 radical (unpaired) electrons. The summed E-state index contributed by atoms with van der Waals surface area (Å²) in [7, 11) is 0. The number of nitrogens with zero attached hydrogens (tertiary/aromatic N) is 2. The van der Waals surface area contributed by atoms with Gasteiger partial charge in [0.25, 0.3) is 0 Å². The van der Waals surface area contributed by atoms with Crippen LogP contribution >= 0.6 is 11.6 Å². The van der Waals surface area contributed by atoms with E-state index in [1.54, 1.807) is 0 Å². The lowest BCUT2D eigenvalue weighted by Crippen LogP contribution is -2.06. The van der Waals surface area contributed by atoms with Crippen LogP contribution in [0, 0.1) is 0 Å². The lowest BCUT2D eigenvalue weighted by molar-refractivity contribution is 0.304. The molecule has 0 saturated carbocycles. The van der Waals surface area contributed by atoms with E-state index in [1.165, 1.54) is 25.7 Å². The van der Waals surface area contributed by atoms with Gasteiger partial charge in [0.1, 0.15) is 10.9 Å². The average molecular weight is 362 g/mol. The van der Waals surface area contributed by atoms with E-state index in [4.69, 9.17) is 22.1 Å².